The fourth-order valence-corrected chi connectivity index (χ4v) is 2.45. The minimum absolute atomic E-state index is 0.384. The lowest BCUT2D eigenvalue weighted by Crippen LogP contribution is -2.34. The molecule has 1 rings (SSSR count). The molecule has 1 heterocycles. The van der Waals surface area contributed by atoms with Crippen molar-refractivity contribution in [2.75, 3.05) is 26.7 Å². The Morgan fingerprint density at radius 1 is 1.35 bits per heavy atom. The van der Waals surface area contributed by atoms with Gasteiger partial charge < -0.3 is 9.64 Å². The van der Waals surface area contributed by atoms with Crippen LogP contribution in [-0.2, 0) is 4.74 Å². The van der Waals surface area contributed by atoms with Gasteiger partial charge in [-0.25, -0.2) is 0 Å². The quantitative estimate of drug-likeness (QED) is 0.668. The molecule has 0 radical (unpaired) electrons. The van der Waals surface area contributed by atoms with Gasteiger partial charge in [0.25, 0.3) is 0 Å². The zero-order chi connectivity index (χ0) is 15.0. The highest BCUT2D eigenvalue weighted by Gasteiger charge is 2.16. The van der Waals surface area contributed by atoms with Crippen molar-refractivity contribution in [1.29, 1.82) is 0 Å². The van der Waals surface area contributed by atoms with Crippen LogP contribution in [0.5, 0.6) is 0 Å². The Labute approximate surface area is 129 Å². The topological polar surface area (TPSA) is 12.5 Å². The lowest BCUT2D eigenvalue weighted by molar-refractivity contribution is 0.0256. The first-order valence-corrected chi connectivity index (χ1v) is 7.93. The molecule has 0 aliphatic carbocycles. The maximum atomic E-state index is 6.31. The molecular weight excluding hydrogens is 270 g/mol. The summed E-state index contributed by atoms with van der Waals surface area (Å²) in [4.78, 5) is 2.35. The number of rotatable bonds is 6. The van der Waals surface area contributed by atoms with E-state index in [1.54, 1.807) is 0 Å². The molecule has 20 heavy (non-hydrogen) atoms. The molecule has 0 bridgehead atoms. The molecule has 1 aliphatic heterocycles. The Bertz CT molecular complexity index is 376. The van der Waals surface area contributed by atoms with Crippen molar-refractivity contribution in [1.82, 2.24) is 4.90 Å². The number of piperidine rings is 1. The number of likely N-dealkylation sites (tertiary alicyclic amines) is 1. The third kappa shape index (κ3) is 6.25. The number of ether oxygens (including phenoxy) is 1. The third-order valence-electron chi connectivity index (χ3n) is 3.78. The van der Waals surface area contributed by atoms with E-state index in [0.29, 0.717) is 12.7 Å². The van der Waals surface area contributed by atoms with Crippen molar-refractivity contribution in [2.45, 2.75) is 46.1 Å². The van der Waals surface area contributed by atoms with Crippen molar-refractivity contribution < 1.29 is 4.74 Å². The molecule has 1 saturated heterocycles. The van der Waals surface area contributed by atoms with Gasteiger partial charge in [-0.15, -0.1) is 0 Å². The second kappa shape index (κ2) is 9.38. The molecule has 3 heteroatoms. The summed E-state index contributed by atoms with van der Waals surface area (Å²) in [5.41, 5.74) is 2.36. The third-order valence-corrected chi connectivity index (χ3v) is 4.21. The van der Waals surface area contributed by atoms with Crippen molar-refractivity contribution in [3.8, 4) is 0 Å². The summed E-state index contributed by atoms with van der Waals surface area (Å²) in [6, 6.07) is 0. The van der Waals surface area contributed by atoms with Crippen LogP contribution >= 0.6 is 11.6 Å². The predicted octanol–water partition coefficient (Wildman–Crippen LogP) is 4.52. The smallest absolute Gasteiger partial charge is 0.0721 e. The fourth-order valence-electron chi connectivity index (χ4n) is 2.17. The van der Waals surface area contributed by atoms with E-state index < -0.39 is 0 Å². The average Bonchev–Trinajstić information content (AvgIpc) is 2.45. The van der Waals surface area contributed by atoms with E-state index in [1.165, 1.54) is 5.57 Å². The van der Waals surface area contributed by atoms with Gasteiger partial charge in [-0.1, -0.05) is 36.2 Å². The molecule has 0 atom stereocenters. The van der Waals surface area contributed by atoms with E-state index in [-0.39, 0.29) is 0 Å². The summed E-state index contributed by atoms with van der Waals surface area (Å²) in [5.74, 6) is 0. The van der Waals surface area contributed by atoms with Crippen molar-refractivity contribution in [3.63, 3.8) is 0 Å². The SMILES string of the molecule is C\C=C/C(=C\C(Cl)=C(/C)CC)COC1CCN(C)CC1. The minimum Gasteiger partial charge on any atom is -0.373 e. The molecule has 2 nitrogen and oxygen atoms in total. The zero-order valence-corrected chi connectivity index (χ0v) is 14.0. The molecular formula is C17H28ClNO. The first kappa shape index (κ1) is 17.5. The summed E-state index contributed by atoms with van der Waals surface area (Å²) in [6.45, 7) is 9.12. The Balaban J connectivity index is 2.57. The summed E-state index contributed by atoms with van der Waals surface area (Å²) < 4.78 is 6.03. The van der Waals surface area contributed by atoms with Crippen LogP contribution in [-0.4, -0.2) is 37.7 Å². The molecule has 0 aromatic carbocycles. The molecule has 1 fully saturated rings. The van der Waals surface area contributed by atoms with Crippen molar-refractivity contribution in [3.05, 3.63) is 34.4 Å². The second-order valence-electron chi connectivity index (χ2n) is 5.51. The summed E-state index contributed by atoms with van der Waals surface area (Å²) in [6.07, 6.45) is 9.77. The molecule has 0 unspecified atom stereocenters. The number of hydrogen-bond donors (Lipinski definition) is 0. The van der Waals surface area contributed by atoms with Crippen LogP contribution in [0.3, 0.4) is 0 Å². The maximum absolute atomic E-state index is 6.31. The van der Waals surface area contributed by atoms with Gasteiger partial charge >= 0.3 is 0 Å². The van der Waals surface area contributed by atoms with E-state index in [9.17, 15) is 0 Å². The number of hydrogen-bond acceptors (Lipinski definition) is 2. The van der Waals surface area contributed by atoms with Gasteiger partial charge in [-0.2, -0.15) is 0 Å². The average molecular weight is 298 g/mol. The van der Waals surface area contributed by atoms with Crippen LogP contribution in [0.25, 0.3) is 0 Å². The highest BCUT2D eigenvalue weighted by Crippen LogP contribution is 2.18. The van der Waals surface area contributed by atoms with Gasteiger partial charge in [0.2, 0.25) is 0 Å². The summed E-state index contributed by atoms with van der Waals surface area (Å²) >= 11 is 6.31. The maximum Gasteiger partial charge on any atom is 0.0721 e. The fraction of sp³-hybridized carbons (Fsp3) is 0.647. The van der Waals surface area contributed by atoms with Gasteiger partial charge in [0.15, 0.2) is 0 Å². The van der Waals surface area contributed by atoms with E-state index in [2.05, 4.69) is 31.9 Å². The molecule has 0 aromatic heterocycles. The van der Waals surface area contributed by atoms with E-state index in [4.69, 9.17) is 16.3 Å². The van der Waals surface area contributed by atoms with E-state index in [1.807, 2.05) is 19.1 Å². The number of allylic oxidation sites excluding steroid dienone is 4. The lowest BCUT2D eigenvalue weighted by atomic mass is 10.1. The van der Waals surface area contributed by atoms with Gasteiger partial charge in [0, 0.05) is 18.1 Å². The second-order valence-corrected chi connectivity index (χ2v) is 5.92. The van der Waals surface area contributed by atoms with Crippen LogP contribution < -0.4 is 0 Å². The molecule has 0 spiro atoms. The van der Waals surface area contributed by atoms with Crippen LogP contribution in [0.4, 0.5) is 0 Å². The number of halogens is 1. The van der Waals surface area contributed by atoms with E-state index in [0.717, 1.165) is 43.0 Å². The molecule has 114 valence electrons. The summed E-state index contributed by atoms with van der Waals surface area (Å²) in [5, 5.41) is 0.840. The molecule has 0 aromatic rings. The van der Waals surface area contributed by atoms with Gasteiger partial charge in [-0.05, 0) is 51.8 Å². The van der Waals surface area contributed by atoms with Crippen molar-refractivity contribution >= 4 is 11.6 Å². The van der Waals surface area contributed by atoms with Gasteiger partial charge in [0.1, 0.15) is 0 Å². The zero-order valence-electron chi connectivity index (χ0n) is 13.3. The van der Waals surface area contributed by atoms with Crippen molar-refractivity contribution in [2.24, 2.45) is 0 Å². The molecule has 0 saturated carbocycles. The first-order valence-electron chi connectivity index (χ1n) is 7.55. The van der Waals surface area contributed by atoms with Crippen LogP contribution in [0.1, 0.15) is 40.0 Å². The Morgan fingerprint density at radius 2 is 2.00 bits per heavy atom. The first-order chi connectivity index (χ1) is 9.56. The van der Waals surface area contributed by atoms with Gasteiger partial charge in [0.05, 0.1) is 12.7 Å². The molecule has 0 N–H and O–H groups in total. The van der Waals surface area contributed by atoms with Crippen LogP contribution in [0.15, 0.2) is 34.4 Å². The highest BCUT2D eigenvalue weighted by atomic mass is 35.5. The monoisotopic (exact) mass is 297 g/mol. The van der Waals surface area contributed by atoms with Crippen LogP contribution in [0, 0.1) is 0 Å². The Morgan fingerprint density at radius 3 is 2.55 bits per heavy atom. The van der Waals surface area contributed by atoms with Gasteiger partial charge in [-0.3, -0.25) is 0 Å². The lowest BCUT2D eigenvalue weighted by Gasteiger charge is -2.29. The largest absolute Gasteiger partial charge is 0.373 e. The standard InChI is InChI=1S/C17H28ClNO/c1-5-7-15(12-17(18)14(3)6-2)13-20-16-8-10-19(4)11-9-16/h5,7,12,16H,6,8-11,13H2,1-4H3/b7-5-,15-12+,17-14-. The molecule has 1 aliphatic rings. The Kier molecular flexibility index (Phi) is 8.20. The molecule has 0 amide bonds. The normalized spacial score (nSPS) is 20.6. The minimum atomic E-state index is 0.384. The van der Waals surface area contributed by atoms with E-state index >= 15 is 0 Å². The van der Waals surface area contributed by atoms with Crippen LogP contribution in [0.2, 0.25) is 0 Å². The number of nitrogens with zero attached hydrogens (tertiary/aromatic N) is 1. The predicted molar refractivity (Wildman–Crippen MR) is 88.2 cm³/mol. The highest BCUT2D eigenvalue weighted by molar-refractivity contribution is 6.31. The Hall–Kier alpha value is -0.570. The summed E-state index contributed by atoms with van der Waals surface area (Å²) in [7, 11) is 2.17.